The fraction of sp³-hybridized carbons (Fsp3) is 0.929. The van der Waals surface area contributed by atoms with Crippen LogP contribution in [-0.4, -0.2) is 54.7 Å². The maximum Gasteiger partial charge on any atom is 0.237 e. The topological polar surface area (TPSA) is 67.6 Å². The number of morpholine rings is 1. The van der Waals surface area contributed by atoms with Crippen molar-refractivity contribution in [2.24, 2.45) is 5.73 Å². The summed E-state index contributed by atoms with van der Waals surface area (Å²) in [5, 5.41) is 3.08. The summed E-state index contributed by atoms with van der Waals surface area (Å²) in [6.07, 6.45) is 2.14. The molecule has 1 aliphatic rings. The van der Waals surface area contributed by atoms with Gasteiger partial charge in [-0.1, -0.05) is 13.3 Å². The first kappa shape index (κ1) is 16.4. The Morgan fingerprint density at radius 2 is 2.21 bits per heavy atom. The van der Waals surface area contributed by atoms with Crippen molar-refractivity contribution < 1.29 is 9.53 Å². The van der Waals surface area contributed by atoms with Crippen LogP contribution in [0.15, 0.2) is 0 Å². The van der Waals surface area contributed by atoms with E-state index in [0.29, 0.717) is 13.2 Å². The number of carbonyl (C=O) groups excluding carboxylic acids is 1. The smallest absolute Gasteiger partial charge is 0.237 e. The number of nitrogens with one attached hydrogen (secondary N) is 1. The fourth-order valence-corrected chi connectivity index (χ4v) is 2.54. The molecule has 0 aromatic rings. The van der Waals surface area contributed by atoms with E-state index in [1.165, 1.54) is 0 Å². The van der Waals surface area contributed by atoms with Gasteiger partial charge in [-0.05, 0) is 27.2 Å². The maximum atomic E-state index is 12.2. The van der Waals surface area contributed by atoms with Crippen molar-refractivity contribution in [3.05, 3.63) is 0 Å². The van der Waals surface area contributed by atoms with Crippen molar-refractivity contribution in [2.75, 3.05) is 19.7 Å². The van der Waals surface area contributed by atoms with Crippen molar-refractivity contribution in [1.82, 2.24) is 10.2 Å². The Labute approximate surface area is 116 Å². The van der Waals surface area contributed by atoms with Gasteiger partial charge in [0.25, 0.3) is 0 Å². The van der Waals surface area contributed by atoms with Gasteiger partial charge in [-0.2, -0.15) is 0 Å². The molecule has 3 N–H and O–H groups in total. The molecule has 0 radical (unpaired) electrons. The molecule has 0 aromatic heterocycles. The van der Waals surface area contributed by atoms with Gasteiger partial charge in [-0.25, -0.2) is 0 Å². The van der Waals surface area contributed by atoms with Crippen LogP contribution in [0.5, 0.6) is 0 Å². The molecule has 112 valence electrons. The first-order chi connectivity index (χ1) is 8.99. The zero-order chi connectivity index (χ0) is 14.4. The van der Waals surface area contributed by atoms with Crippen molar-refractivity contribution >= 4 is 5.91 Å². The molecule has 0 aromatic carbocycles. The van der Waals surface area contributed by atoms with Gasteiger partial charge < -0.3 is 15.8 Å². The number of carbonyl (C=O) groups is 1. The molecule has 1 rings (SSSR count). The van der Waals surface area contributed by atoms with E-state index in [4.69, 9.17) is 10.5 Å². The van der Waals surface area contributed by atoms with E-state index in [0.717, 1.165) is 19.4 Å². The molecule has 0 saturated carbocycles. The molecule has 1 fully saturated rings. The molecule has 0 bridgehead atoms. The fourth-order valence-electron chi connectivity index (χ4n) is 2.54. The van der Waals surface area contributed by atoms with Crippen LogP contribution in [-0.2, 0) is 9.53 Å². The van der Waals surface area contributed by atoms with Crippen LogP contribution in [0.2, 0.25) is 0 Å². The lowest BCUT2D eigenvalue weighted by molar-refractivity contribution is -0.132. The van der Waals surface area contributed by atoms with E-state index in [1.54, 1.807) is 0 Å². The minimum absolute atomic E-state index is 0.0412. The highest BCUT2D eigenvalue weighted by atomic mass is 16.5. The standard InChI is InChI=1S/C14H29N3O2/c1-5-6-10(2)16-14(18)12(4)17-8-13(7-15)19-9-11(17)3/h10-13H,5-9,15H2,1-4H3,(H,16,18). The van der Waals surface area contributed by atoms with E-state index < -0.39 is 0 Å². The molecule has 1 aliphatic heterocycles. The summed E-state index contributed by atoms with van der Waals surface area (Å²) >= 11 is 0. The number of hydrogen-bond donors (Lipinski definition) is 2. The lowest BCUT2D eigenvalue weighted by Crippen LogP contribution is -2.58. The van der Waals surface area contributed by atoms with Crippen molar-refractivity contribution in [2.45, 2.75) is 64.8 Å². The summed E-state index contributed by atoms with van der Waals surface area (Å²) in [5.41, 5.74) is 5.66. The van der Waals surface area contributed by atoms with Crippen molar-refractivity contribution in [3.8, 4) is 0 Å². The van der Waals surface area contributed by atoms with E-state index in [9.17, 15) is 4.79 Å². The van der Waals surface area contributed by atoms with Gasteiger partial charge in [0.05, 0.1) is 18.8 Å². The number of nitrogens with zero attached hydrogens (tertiary/aromatic N) is 1. The van der Waals surface area contributed by atoms with Crippen LogP contribution >= 0.6 is 0 Å². The third kappa shape index (κ3) is 4.75. The van der Waals surface area contributed by atoms with Crippen LogP contribution in [0, 0.1) is 0 Å². The molecule has 1 heterocycles. The van der Waals surface area contributed by atoms with Gasteiger partial charge in [-0.15, -0.1) is 0 Å². The summed E-state index contributed by atoms with van der Waals surface area (Å²) < 4.78 is 5.62. The minimum atomic E-state index is -0.132. The second-order valence-electron chi connectivity index (χ2n) is 5.61. The highest BCUT2D eigenvalue weighted by molar-refractivity contribution is 5.81. The third-order valence-electron chi connectivity index (χ3n) is 3.80. The number of hydrogen-bond acceptors (Lipinski definition) is 4. The molecular formula is C14H29N3O2. The third-order valence-corrected chi connectivity index (χ3v) is 3.80. The van der Waals surface area contributed by atoms with Gasteiger partial charge in [0, 0.05) is 25.2 Å². The van der Waals surface area contributed by atoms with E-state index in [1.807, 2.05) is 6.92 Å². The van der Waals surface area contributed by atoms with Crippen molar-refractivity contribution in [3.63, 3.8) is 0 Å². The predicted molar refractivity (Wildman–Crippen MR) is 76.9 cm³/mol. The van der Waals surface area contributed by atoms with Gasteiger partial charge in [0.15, 0.2) is 0 Å². The summed E-state index contributed by atoms with van der Waals surface area (Å²) in [4.78, 5) is 14.4. The highest BCUT2D eigenvalue weighted by Gasteiger charge is 2.32. The molecule has 5 nitrogen and oxygen atoms in total. The molecule has 0 aliphatic carbocycles. The number of rotatable bonds is 6. The van der Waals surface area contributed by atoms with Gasteiger partial charge in [0.1, 0.15) is 0 Å². The zero-order valence-corrected chi connectivity index (χ0v) is 12.7. The van der Waals surface area contributed by atoms with Crippen LogP contribution in [0.4, 0.5) is 0 Å². The van der Waals surface area contributed by atoms with Crippen LogP contribution in [0.25, 0.3) is 0 Å². The molecule has 1 amide bonds. The molecule has 1 saturated heterocycles. The molecule has 4 atom stereocenters. The number of nitrogens with two attached hydrogens (primary N) is 1. The van der Waals surface area contributed by atoms with E-state index in [-0.39, 0.29) is 30.1 Å². The van der Waals surface area contributed by atoms with Crippen molar-refractivity contribution in [1.29, 1.82) is 0 Å². The first-order valence-electron chi connectivity index (χ1n) is 7.37. The predicted octanol–water partition coefficient (Wildman–Crippen LogP) is 0.728. The summed E-state index contributed by atoms with van der Waals surface area (Å²) in [7, 11) is 0. The van der Waals surface area contributed by atoms with E-state index >= 15 is 0 Å². The number of ether oxygens (including phenoxy) is 1. The first-order valence-corrected chi connectivity index (χ1v) is 7.37. The van der Waals surface area contributed by atoms with Gasteiger partial charge in [0.2, 0.25) is 5.91 Å². The van der Waals surface area contributed by atoms with Crippen LogP contribution < -0.4 is 11.1 Å². The molecule has 0 spiro atoms. The molecule has 19 heavy (non-hydrogen) atoms. The molecule has 4 unspecified atom stereocenters. The Balaban J connectivity index is 2.54. The molecular weight excluding hydrogens is 242 g/mol. The Kier molecular flexibility index (Phi) is 6.75. The minimum Gasteiger partial charge on any atom is -0.374 e. The summed E-state index contributed by atoms with van der Waals surface area (Å²) in [6.45, 7) is 10.1. The average Bonchev–Trinajstić information content (AvgIpc) is 2.38. The second kappa shape index (κ2) is 7.82. The Bertz CT molecular complexity index is 286. The number of amides is 1. The lowest BCUT2D eigenvalue weighted by atomic mass is 10.1. The summed E-state index contributed by atoms with van der Waals surface area (Å²) in [5.74, 6) is 0.102. The SMILES string of the molecule is CCCC(C)NC(=O)C(C)N1CC(CN)OCC1C. The van der Waals surface area contributed by atoms with E-state index in [2.05, 4.69) is 31.0 Å². The van der Waals surface area contributed by atoms with Crippen LogP contribution in [0.1, 0.15) is 40.5 Å². The average molecular weight is 271 g/mol. The quantitative estimate of drug-likeness (QED) is 0.747. The Hall–Kier alpha value is -0.650. The largest absolute Gasteiger partial charge is 0.374 e. The molecule has 5 heteroatoms. The van der Waals surface area contributed by atoms with Gasteiger partial charge in [-0.3, -0.25) is 9.69 Å². The summed E-state index contributed by atoms with van der Waals surface area (Å²) in [6, 6.07) is 0.360. The van der Waals surface area contributed by atoms with Gasteiger partial charge >= 0.3 is 0 Å². The normalized spacial score (nSPS) is 27.8. The zero-order valence-electron chi connectivity index (χ0n) is 12.7. The Morgan fingerprint density at radius 1 is 1.53 bits per heavy atom. The van der Waals surface area contributed by atoms with Crippen LogP contribution in [0.3, 0.4) is 0 Å². The Morgan fingerprint density at radius 3 is 2.79 bits per heavy atom. The monoisotopic (exact) mass is 271 g/mol. The second-order valence-corrected chi connectivity index (χ2v) is 5.61. The lowest BCUT2D eigenvalue weighted by Gasteiger charge is -2.40. The maximum absolute atomic E-state index is 12.2. The highest BCUT2D eigenvalue weighted by Crippen LogP contribution is 2.15.